The minimum atomic E-state index is -4.48. The number of sulfonamides is 1. The molecule has 1 aromatic heterocycles. The highest BCUT2D eigenvalue weighted by Gasteiger charge is 2.35. The van der Waals surface area contributed by atoms with Crippen molar-refractivity contribution in [2.45, 2.75) is 30.1 Å². The molecule has 0 aliphatic carbocycles. The van der Waals surface area contributed by atoms with Crippen LogP contribution in [0.1, 0.15) is 22.6 Å². The number of rotatable bonds is 4. The Bertz CT molecular complexity index is 1110. The molecule has 1 aliphatic rings. The minimum absolute atomic E-state index is 0.159. The second-order valence-electron chi connectivity index (χ2n) is 6.95. The van der Waals surface area contributed by atoms with Crippen LogP contribution >= 0.6 is 0 Å². The average molecular weight is 421 g/mol. The van der Waals surface area contributed by atoms with Crippen LogP contribution < -0.4 is 0 Å². The fraction of sp³-hybridized carbons (Fsp3) is 0.250. The second kappa shape index (κ2) is 7.31. The van der Waals surface area contributed by atoms with Gasteiger partial charge in [0.1, 0.15) is 11.4 Å². The lowest BCUT2D eigenvalue weighted by Gasteiger charge is -2.34. The summed E-state index contributed by atoms with van der Waals surface area (Å²) in [6.07, 6.45) is -2.57. The third kappa shape index (κ3) is 4.06. The molecular formula is C20H18F3N3O2S. The number of alkyl halides is 3. The summed E-state index contributed by atoms with van der Waals surface area (Å²) in [6.45, 7) is -0.974. The lowest BCUT2D eigenvalue weighted by molar-refractivity contribution is -0.142. The van der Waals surface area contributed by atoms with E-state index >= 15 is 0 Å². The molecule has 4 rings (SSSR count). The van der Waals surface area contributed by atoms with Crippen molar-refractivity contribution < 1.29 is 21.6 Å². The molecule has 0 saturated heterocycles. The first-order chi connectivity index (χ1) is 13.7. The van der Waals surface area contributed by atoms with Crippen molar-refractivity contribution in [3.63, 3.8) is 0 Å². The van der Waals surface area contributed by atoms with Crippen molar-refractivity contribution in [3.8, 4) is 0 Å². The van der Waals surface area contributed by atoms with E-state index in [9.17, 15) is 21.6 Å². The second-order valence-corrected chi connectivity index (χ2v) is 8.89. The van der Waals surface area contributed by atoms with Crippen molar-refractivity contribution in [1.29, 1.82) is 0 Å². The zero-order valence-corrected chi connectivity index (χ0v) is 16.1. The first-order valence-corrected chi connectivity index (χ1v) is 10.4. The van der Waals surface area contributed by atoms with Gasteiger partial charge in [0.25, 0.3) is 0 Å². The summed E-state index contributed by atoms with van der Waals surface area (Å²) in [7, 11) is -4.00. The number of hydrogen-bond donors (Lipinski definition) is 0. The van der Waals surface area contributed by atoms with Gasteiger partial charge in [0.2, 0.25) is 10.0 Å². The van der Waals surface area contributed by atoms with E-state index in [1.807, 2.05) is 54.6 Å². The highest BCUT2D eigenvalue weighted by atomic mass is 32.2. The largest absolute Gasteiger partial charge is 0.408 e. The van der Waals surface area contributed by atoms with E-state index < -0.39 is 22.7 Å². The van der Waals surface area contributed by atoms with Gasteiger partial charge in [0.15, 0.2) is 0 Å². The molecule has 0 saturated carbocycles. The Hall–Kier alpha value is -2.65. The summed E-state index contributed by atoms with van der Waals surface area (Å²) in [4.78, 5) is -0.243. The summed E-state index contributed by atoms with van der Waals surface area (Å²) in [5.74, 6) is -0.166. The molecule has 5 nitrogen and oxygen atoms in total. The van der Waals surface area contributed by atoms with Crippen molar-refractivity contribution in [2.75, 3.05) is 6.54 Å². The molecule has 0 spiro atoms. The molecule has 1 aliphatic heterocycles. The monoisotopic (exact) mass is 421 g/mol. The van der Waals surface area contributed by atoms with Crippen molar-refractivity contribution in [1.82, 2.24) is 14.1 Å². The van der Waals surface area contributed by atoms with E-state index in [2.05, 4.69) is 5.10 Å². The Morgan fingerprint density at radius 1 is 1.03 bits per heavy atom. The van der Waals surface area contributed by atoms with E-state index in [1.54, 1.807) is 0 Å². The van der Waals surface area contributed by atoms with Crippen molar-refractivity contribution >= 4 is 10.0 Å². The molecular weight excluding hydrogens is 403 g/mol. The molecule has 0 amide bonds. The maximum Gasteiger partial charge on any atom is 0.408 e. The van der Waals surface area contributed by atoms with Crippen LogP contribution in [0.5, 0.6) is 0 Å². The van der Waals surface area contributed by atoms with Crippen molar-refractivity contribution in [2.24, 2.45) is 0 Å². The lowest BCUT2D eigenvalue weighted by atomic mass is 9.86. The predicted molar refractivity (Wildman–Crippen MR) is 101 cm³/mol. The van der Waals surface area contributed by atoms with Gasteiger partial charge in [-0.3, -0.25) is 4.68 Å². The number of fused-ring (bicyclic) bond motifs is 1. The van der Waals surface area contributed by atoms with Crippen LogP contribution in [0.25, 0.3) is 0 Å². The number of hydrogen-bond acceptors (Lipinski definition) is 3. The van der Waals surface area contributed by atoms with Gasteiger partial charge in [-0.15, -0.1) is 0 Å². The van der Waals surface area contributed by atoms with Gasteiger partial charge in [-0.05, 0) is 16.7 Å². The first kappa shape index (κ1) is 19.7. The van der Waals surface area contributed by atoms with E-state index in [1.165, 1.54) is 4.31 Å². The number of aromatic nitrogens is 2. The number of benzene rings is 2. The van der Waals surface area contributed by atoms with E-state index in [-0.39, 0.29) is 23.9 Å². The van der Waals surface area contributed by atoms with Crippen molar-refractivity contribution in [3.05, 3.63) is 83.7 Å². The maximum absolute atomic E-state index is 13.1. The van der Waals surface area contributed by atoms with E-state index in [0.29, 0.717) is 4.68 Å². The standard InChI is InChI=1S/C20H18F3N3O2S/c21-20(22,23)14-25-12-17(10-24-25)29(27,28)26-11-16-8-4-5-9-18(16)19(13-26)15-6-2-1-3-7-15/h1-10,12,19H,11,13-14H2. The molecule has 0 bridgehead atoms. The highest BCUT2D eigenvalue weighted by Crippen LogP contribution is 2.35. The van der Waals surface area contributed by atoms with Crippen LogP contribution in [0.4, 0.5) is 13.2 Å². The molecule has 0 N–H and O–H groups in total. The SMILES string of the molecule is O=S(=O)(c1cnn(CC(F)(F)F)c1)N1Cc2ccccc2C(c2ccccc2)C1. The number of nitrogens with zero attached hydrogens (tertiary/aromatic N) is 3. The fourth-order valence-electron chi connectivity index (χ4n) is 3.63. The van der Waals surface area contributed by atoms with Gasteiger partial charge in [0, 0.05) is 25.2 Å². The molecule has 1 unspecified atom stereocenters. The Morgan fingerprint density at radius 3 is 2.45 bits per heavy atom. The van der Waals surface area contributed by atoms with Gasteiger partial charge >= 0.3 is 6.18 Å². The zero-order chi connectivity index (χ0) is 20.6. The molecule has 2 heterocycles. The third-order valence-electron chi connectivity index (χ3n) is 4.95. The summed E-state index contributed by atoms with van der Waals surface area (Å²) in [5, 5.41) is 3.58. The molecule has 0 radical (unpaired) electrons. The molecule has 0 fully saturated rings. The predicted octanol–water partition coefficient (Wildman–Crippen LogP) is 3.78. The van der Waals surface area contributed by atoms with Gasteiger partial charge in [-0.2, -0.15) is 22.6 Å². The zero-order valence-electron chi connectivity index (χ0n) is 15.2. The molecule has 2 aromatic carbocycles. The Labute approximate surface area is 166 Å². The minimum Gasteiger partial charge on any atom is -0.262 e. The van der Waals surface area contributed by atoms with Crippen LogP contribution in [-0.4, -0.2) is 35.2 Å². The van der Waals surface area contributed by atoms with E-state index in [4.69, 9.17) is 0 Å². The summed E-state index contributed by atoms with van der Waals surface area (Å²) in [6, 6.07) is 17.2. The van der Waals surface area contributed by atoms with E-state index in [0.717, 1.165) is 29.1 Å². The maximum atomic E-state index is 13.1. The summed E-state index contributed by atoms with van der Waals surface area (Å²) >= 11 is 0. The third-order valence-corrected chi connectivity index (χ3v) is 6.72. The Kier molecular flexibility index (Phi) is 4.95. The smallest absolute Gasteiger partial charge is 0.262 e. The highest BCUT2D eigenvalue weighted by molar-refractivity contribution is 7.89. The summed E-state index contributed by atoms with van der Waals surface area (Å²) < 4.78 is 65.9. The fourth-order valence-corrected chi connectivity index (χ4v) is 5.01. The first-order valence-electron chi connectivity index (χ1n) is 8.96. The quantitative estimate of drug-likeness (QED) is 0.644. The van der Waals surface area contributed by atoms with Crippen LogP contribution in [0.15, 0.2) is 71.9 Å². The topological polar surface area (TPSA) is 55.2 Å². The molecule has 29 heavy (non-hydrogen) atoms. The Morgan fingerprint density at radius 2 is 1.72 bits per heavy atom. The lowest BCUT2D eigenvalue weighted by Crippen LogP contribution is -2.38. The molecule has 9 heteroatoms. The molecule has 3 aromatic rings. The van der Waals surface area contributed by atoms with Gasteiger partial charge in [-0.1, -0.05) is 54.6 Å². The van der Waals surface area contributed by atoms with Crippen LogP contribution in [-0.2, 0) is 23.1 Å². The average Bonchev–Trinajstić information content (AvgIpc) is 3.15. The van der Waals surface area contributed by atoms with Crippen LogP contribution in [0.3, 0.4) is 0 Å². The normalized spacial score (nSPS) is 17.8. The molecule has 152 valence electrons. The van der Waals surface area contributed by atoms with Crippen LogP contribution in [0.2, 0.25) is 0 Å². The number of halogens is 3. The molecule has 1 atom stereocenters. The van der Waals surface area contributed by atoms with Gasteiger partial charge in [-0.25, -0.2) is 8.42 Å². The Balaban J connectivity index is 1.68. The van der Waals surface area contributed by atoms with Gasteiger partial charge in [0.05, 0.1) is 6.20 Å². The van der Waals surface area contributed by atoms with Gasteiger partial charge < -0.3 is 0 Å². The van der Waals surface area contributed by atoms with Crippen LogP contribution in [0, 0.1) is 0 Å². The summed E-state index contributed by atoms with van der Waals surface area (Å²) in [5.41, 5.74) is 2.91.